The lowest BCUT2D eigenvalue weighted by Gasteiger charge is -2.29. The van der Waals surface area contributed by atoms with Crippen molar-refractivity contribution < 1.29 is 32.9 Å². The summed E-state index contributed by atoms with van der Waals surface area (Å²) in [6.45, 7) is 4.31. The Bertz CT molecular complexity index is 693. The summed E-state index contributed by atoms with van der Waals surface area (Å²) in [6.07, 6.45) is 21.9. The van der Waals surface area contributed by atoms with Gasteiger partial charge in [-0.25, -0.2) is 0 Å². The molecule has 0 saturated heterocycles. The number of amides is 1. The van der Waals surface area contributed by atoms with Crippen LogP contribution in [0, 0.1) is 0 Å². The average molecular weight is 561 g/mol. The van der Waals surface area contributed by atoms with Gasteiger partial charge in [-0.15, -0.1) is 0 Å². The summed E-state index contributed by atoms with van der Waals surface area (Å²) in [5.41, 5.74) is 0. The highest BCUT2D eigenvalue weighted by molar-refractivity contribution is 7.45. The second-order valence-electron chi connectivity index (χ2n) is 11.1. The van der Waals surface area contributed by atoms with Crippen LogP contribution in [0.25, 0.3) is 0 Å². The highest BCUT2D eigenvalue weighted by Crippen LogP contribution is 2.38. The molecule has 0 rings (SSSR count). The number of hydrogen-bond acceptors (Lipinski definition) is 6. The first kappa shape index (κ1) is 37.0. The molecule has 0 radical (unpaired) electrons. The van der Waals surface area contributed by atoms with E-state index in [1.54, 1.807) is 6.08 Å². The Morgan fingerprint density at radius 2 is 1.47 bits per heavy atom. The molecule has 9 heteroatoms. The number of nitrogens with zero attached hydrogens (tertiary/aromatic N) is 1. The second-order valence-corrected chi connectivity index (χ2v) is 12.5. The third-order valence-electron chi connectivity index (χ3n) is 6.16. The van der Waals surface area contributed by atoms with E-state index in [1.807, 2.05) is 34.1 Å². The number of aliphatic hydroxyl groups excluding tert-OH is 1. The zero-order chi connectivity index (χ0) is 28.7. The number of unbranched alkanes of at least 4 members (excludes halogenated alkanes) is 10. The summed E-state index contributed by atoms with van der Waals surface area (Å²) in [6, 6.07) is -0.891. The number of nitrogens with one attached hydrogen (secondary N) is 1. The van der Waals surface area contributed by atoms with Gasteiger partial charge < -0.3 is 28.8 Å². The van der Waals surface area contributed by atoms with E-state index in [0.29, 0.717) is 23.9 Å². The van der Waals surface area contributed by atoms with Crippen LogP contribution < -0.4 is 10.2 Å². The lowest BCUT2D eigenvalue weighted by molar-refractivity contribution is -0.870. The molecule has 0 saturated carbocycles. The predicted molar refractivity (Wildman–Crippen MR) is 155 cm³/mol. The molecule has 0 aliphatic carbocycles. The third kappa shape index (κ3) is 24.1. The molecule has 0 aliphatic heterocycles. The molecule has 8 nitrogen and oxygen atoms in total. The minimum absolute atomic E-state index is 0.00712. The van der Waals surface area contributed by atoms with Gasteiger partial charge in [0.15, 0.2) is 0 Å². The normalized spacial score (nSPS) is 15.7. The second kappa shape index (κ2) is 22.8. The fraction of sp³-hybridized carbons (Fsp3) is 0.828. The molecule has 3 atom stereocenters. The van der Waals surface area contributed by atoms with Gasteiger partial charge in [-0.3, -0.25) is 9.36 Å². The summed E-state index contributed by atoms with van der Waals surface area (Å²) < 4.78 is 22.6. The maximum Gasteiger partial charge on any atom is 0.268 e. The maximum absolute atomic E-state index is 12.2. The Labute approximate surface area is 233 Å². The largest absolute Gasteiger partial charge is 0.756 e. The molecule has 224 valence electrons. The monoisotopic (exact) mass is 560 g/mol. The zero-order valence-electron chi connectivity index (χ0n) is 24.9. The fourth-order valence-electron chi connectivity index (χ4n) is 3.67. The van der Waals surface area contributed by atoms with E-state index in [4.69, 9.17) is 9.05 Å². The molecular weight excluding hydrogens is 503 g/mol. The molecule has 0 fully saturated rings. The first-order chi connectivity index (χ1) is 18.0. The first-order valence-electron chi connectivity index (χ1n) is 14.7. The van der Waals surface area contributed by atoms with Crippen LogP contribution in [0.5, 0.6) is 0 Å². The summed E-state index contributed by atoms with van der Waals surface area (Å²) in [5.74, 6) is -0.247. The minimum Gasteiger partial charge on any atom is -0.756 e. The van der Waals surface area contributed by atoms with E-state index in [-0.39, 0.29) is 12.5 Å². The van der Waals surface area contributed by atoms with Gasteiger partial charge in [0.25, 0.3) is 7.82 Å². The summed E-state index contributed by atoms with van der Waals surface area (Å²) in [7, 11) is 1.23. The molecule has 0 bridgehead atoms. The number of quaternary nitrogens is 1. The Kier molecular flexibility index (Phi) is 22.1. The Hall–Kier alpha value is -1.02. The van der Waals surface area contributed by atoms with Crippen LogP contribution in [0.2, 0.25) is 0 Å². The maximum atomic E-state index is 12.2. The van der Waals surface area contributed by atoms with Crippen LogP contribution in [0.3, 0.4) is 0 Å². The molecule has 2 N–H and O–H groups in total. The molecule has 3 unspecified atom stereocenters. The standard InChI is InChI=1S/C29H57N2O6P/c1-6-8-10-11-12-13-14-15-16-17-18-19-20-21-22-28(32)27(30-29(33)23-9-7-2)26-37-38(34,35)36-25-24-31(3,4)5/h17-18,21-22,27-28,32H,6-16,19-20,23-26H2,1-5H3,(H-,30,33,34,35)/b18-17+,22-21+. The number of allylic oxidation sites excluding steroid dienone is 3. The fourth-order valence-corrected chi connectivity index (χ4v) is 4.39. The van der Waals surface area contributed by atoms with Gasteiger partial charge in [0.1, 0.15) is 13.2 Å². The highest BCUT2D eigenvalue weighted by atomic mass is 31.2. The van der Waals surface area contributed by atoms with Crippen LogP contribution >= 0.6 is 7.82 Å². The van der Waals surface area contributed by atoms with Gasteiger partial charge in [0, 0.05) is 6.42 Å². The zero-order valence-corrected chi connectivity index (χ0v) is 25.8. The number of aliphatic hydroxyl groups is 1. The number of hydrogen-bond donors (Lipinski definition) is 2. The summed E-state index contributed by atoms with van der Waals surface area (Å²) in [4.78, 5) is 24.4. The van der Waals surface area contributed by atoms with Crippen molar-refractivity contribution in [2.45, 2.75) is 116 Å². The van der Waals surface area contributed by atoms with Crippen LogP contribution in [-0.2, 0) is 18.4 Å². The highest BCUT2D eigenvalue weighted by Gasteiger charge is 2.23. The SMILES string of the molecule is CCCCCCCCCC/C=C/CC/C=C/C(O)C(COP(=O)([O-])OCC[N+](C)(C)C)NC(=O)CCCC. The van der Waals surface area contributed by atoms with Gasteiger partial charge in [0.2, 0.25) is 5.91 Å². The minimum atomic E-state index is -4.55. The number of rotatable bonds is 25. The molecule has 0 aliphatic rings. The van der Waals surface area contributed by atoms with Gasteiger partial charge in [-0.1, -0.05) is 89.5 Å². The number of phosphoric ester groups is 1. The molecule has 0 aromatic heterocycles. The van der Waals surface area contributed by atoms with Gasteiger partial charge >= 0.3 is 0 Å². The van der Waals surface area contributed by atoms with Crippen molar-refractivity contribution in [3.05, 3.63) is 24.3 Å². The van der Waals surface area contributed by atoms with E-state index >= 15 is 0 Å². The number of carbonyl (C=O) groups is 1. The first-order valence-corrected chi connectivity index (χ1v) is 16.2. The predicted octanol–water partition coefficient (Wildman–Crippen LogP) is 5.65. The lowest BCUT2D eigenvalue weighted by Crippen LogP contribution is -2.45. The van der Waals surface area contributed by atoms with Crippen molar-refractivity contribution in [3.63, 3.8) is 0 Å². The topological polar surface area (TPSA) is 108 Å². The molecule has 0 heterocycles. The third-order valence-corrected chi connectivity index (χ3v) is 7.13. The quantitative estimate of drug-likeness (QED) is 0.0646. The number of phosphoric acid groups is 1. The van der Waals surface area contributed by atoms with Gasteiger partial charge in [-0.2, -0.15) is 0 Å². The van der Waals surface area contributed by atoms with E-state index < -0.39 is 26.6 Å². The average Bonchev–Trinajstić information content (AvgIpc) is 2.84. The molecule has 0 aromatic rings. The lowest BCUT2D eigenvalue weighted by atomic mass is 10.1. The molecular formula is C29H57N2O6P. The van der Waals surface area contributed by atoms with Crippen molar-refractivity contribution in [2.24, 2.45) is 0 Å². The van der Waals surface area contributed by atoms with E-state index in [9.17, 15) is 19.4 Å². The van der Waals surface area contributed by atoms with Crippen molar-refractivity contribution >= 4 is 13.7 Å². The molecule has 38 heavy (non-hydrogen) atoms. The molecule has 0 aromatic carbocycles. The van der Waals surface area contributed by atoms with Crippen molar-refractivity contribution in [1.82, 2.24) is 5.32 Å². The molecule has 1 amide bonds. The van der Waals surface area contributed by atoms with Crippen molar-refractivity contribution in [1.29, 1.82) is 0 Å². The van der Waals surface area contributed by atoms with Crippen molar-refractivity contribution in [2.75, 3.05) is 40.9 Å². The van der Waals surface area contributed by atoms with E-state index in [0.717, 1.165) is 25.7 Å². The Morgan fingerprint density at radius 1 is 0.895 bits per heavy atom. The van der Waals surface area contributed by atoms with E-state index in [2.05, 4.69) is 24.4 Å². The summed E-state index contributed by atoms with van der Waals surface area (Å²) in [5, 5.41) is 13.3. The van der Waals surface area contributed by atoms with Crippen LogP contribution in [-0.4, -0.2) is 68.5 Å². The Balaban J connectivity index is 4.49. The van der Waals surface area contributed by atoms with Crippen molar-refractivity contribution in [3.8, 4) is 0 Å². The van der Waals surface area contributed by atoms with Crippen LogP contribution in [0.4, 0.5) is 0 Å². The number of carbonyl (C=O) groups excluding carboxylic acids is 1. The van der Waals surface area contributed by atoms with Gasteiger partial charge in [-0.05, 0) is 32.1 Å². The van der Waals surface area contributed by atoms with Crippen LogP contribution in [0.1, 0.15) is 104 Å². The van der Waals surface area contributed by atoms with E-state index in [1.165, 1.54) is 51.4 Å². The van der Waals surface area contributed by atoms with Crippen LogP contribution in [0.15, 0.2) is 24.3 Å². The molecule has 0 spiro atoms. The Morgan fingerprint density at radius 3 is 2.11 bits per heavy atom. The number of likely N-dealkylation sites (N-methyl/N-ethyl adjacent to an activating group) is 1. The summed E-state index contributed by atoms with van der Waals surface area (Å²) >= 11 is 0. The smallest absolute Gasteiger partial charge is 0.268 e. The van der Waals surface area contributed by atoms with Gasteiger partial charge in [0.05, 0.1) is 39.9 Å².